The average molecular weight is 446 g/mol. The monoisotopic (exact) mass is 446 g/mol. The summed E-state index contributed by atoms with van der Waals surface area (Å²) in [5.74, 6) is -5.93. The van der Waals surface area contributed by atoms with E-state index in [1.807, 2.05) is 0 Å². The highest BCUT2D eigenvalue weighted by Crippen LogP contribution is 2.03. The van der Waals surface area contributed by atoms with Crippen molar-refractivity contribution < 1.29 is 39.0 Å². The van der Waals surface area contributed by atoms with Crippen LogP contribution in [0.15, 0.2) is 0 Å². The van der Waals surface area contributed by atoms with Gasteiger partial charge in [0, 0.05) is 6.42 Å². The summed E-state index contributed by atoms with van der Waals surface area (Å²) in [7, 11) is 0. The number of carboxylic acids is 2. The summed E-state index contributed by atoms with van der Waals surface area (Å²) in [6.07, 6.45) is 0.0105. The third-order valence-corrected chi connectivity index (χ3v) is 4.05. The minimum Gasteiger partial charge on any atom is -0.481 e. The number of aliphatic carboxylic acids is 2. The van der Waals surface area contributed by atoms with Gasteiger partial charge in [0.05, 0.1) is 19.0 Å². The second-order valence-electron chi connectivity index (χ2n) is 6.73. The van der Waals surface area contributed by atoms with Crippen molar-refractivity contribution in [1.29, 1.82) is 0 Å². The normalized spacial score (nSPS) is 13.4. The van der Waals surface area contributed by atoms with Crippen LogP contribution in [0.5, 0.6) is 0 Å². The Balaban J connectivity index is 4.84. The van der Waals surface area contributed by atoms with Crippen molar-refractivity contribution in [3.8, 4) is 0 Å². The summed E-state index contributed by atoms with van der Waals surface area (Å²) in [5.41, 5.74) is 15.9. The molecule has 0 rings (SSSR count). The molecule has 0 saturated carbocycles. The minimum atomic E-state index is -1.46. The summed E-state index contributed by atoms with van der Waals surface area (Å²) in [5, 5.41) is 24.4. The van der Waals surface area contributed by atoms with Crippen molar-refractivity contribution in [2.75, 3.05) is 13.1 Å². The van der Waals surface area contributed by atoms with E-state index >= 15 is 0 Å². The molecule has 4 amide bonds. The van der Waals surface area contributed by atoms with E-state index in [9.17, 15) is 33.9 Å². The van der Waals surface area contributed by atoms with Crippen LogP contribution in [-0.2, 0) is 28.8 Å². The van der Waals surface area contributed by atoms with Crippen molar-refractivity contribution in [2.45, 2.75) is 56.7 Å². The Kier molecular flexibility index (Phi) is 13.1. The molecular weight excluding hydrogens is 416 g/mol. The zero-order valence-electron chi connectivity index (χ0n) is 17.0. The van der Waals surface area contributed by atoms with E-state index in [-0.39, 0.29) is 19.3 Å². The number of carboxylic acid groups (broad SMARTS) is 2. The molecule has 0 spiro atoms. The van der Waals surface area contributed by atoms with E-state index in [1.54, 1.807) is 0 Å². The highest BCUT2D eigenvalue weighted by atomic mass is 16.4. The number of carbonyl (C=O) groups excluding carboxylic acids is 4. The van der Waals surface area contributed by atoms with Crippen LogP contribution in [0.4, 0.5) is 0 Å². The molecule has 0 aliphatic heterocycles. The van der Waals surface area contributed by atoms with Gasteiger partial charge in [0.2, 0.25) is 23.6 Å². The fraction of sp³-hybridized carbons (Fsp3) is 0.647. The molecule has 0 bridgehead atoms. The molecular formula is C17H30N6O8. The molecule has 11 N–H and O–H groups in total. The first-order valence-electron chi connectivity index (χ1n) is 9.53. The molecule has 0 aliphatic rings. The number of primary amides is 1. The molecule has 31 heavy (non-hydrogen) atoms. The van der Waals surface area contributed by atoms with Crippen LogP contribution in [0.3, 0.4) is 0 Å². The molecule has 3 unspecified atom stereocenters. The van der Waals surface area contributed by atoms with E-state index in [0.717, 1.165) is 0 Å². The van der Waals surface area contributed by atoms with Crippen LogP contribution >= 0.6 is 0 Å². The van der Waals surface area contributed by atoms with Crippen LogP contribution < -0.4 is 33.2 Å². The number of hydrogen-bond donors (Lipinski definition) is 8. The van der Waals surface area contributed by atoms with Gasteiger partial charge in [-0.1, -0.05) is 0 Å². The number of unbranched alkanes of at least 4 members (excludes halogenated alkanes) is 1. The van der Waals surface area contributed by atoms with Gasteiger partial charge in [-0.05, 0) is 32.2 Å². The van der Waals surface area contributed by atoms with Crippen LogP contribution in [-0.4, -0.2) is 77.0 Å². The Hall–Kier alpha value is -3.26. The Bertz CT molecular complexity index is 671. The summed E-state index contributed by atoms with van der Waals surface area (Å²) in [6, 6.07) is -3.87. The van der Waals surface area contributed by atoms with Gasteiger partial charge in [-0.25, -0.2) is 4.79 Å². The van der Waals surface area contributed by atoms with Gasteiger partial charge in [-0.15, -0.1) is 0 Å². The van der Waals surface area contributed by atoms with Gasteiger partial charge >= 0.3 is 11.9 Å². The highest BCUT2D eigenvalue weighted by molar-refractivity contribution is 5.95. The molecule has 14 nitrogen and oxygen atoms in total. The van der Waals surface area contributed by atoms with Crippen LogP contribution in [0.1, 0.15) is 38.5 Å². The average Bonchev–Trinajstić information content (AvgIpc) is 2.68. The zero-order chi connectivity index (χ0) is 24.0. The van der Waals surface area contributed by atoms with Crippen LogP contribution in [0.25, 0.3) is 0 Å². The fourth-order valence-electron chi connectivity index (χ4n) is 2.39. The summed E-state index contributed by atoms with van der Waals surface area (Å²) < 4.78 is 0. The van der Waals surface area contributed by atoms with Gasteiger partial charge in [-0.2, -0.15) is 0 Å². The first-order chi connectivity index (χ1) is 14.5. The molecule has 0 saturated heterocycles. The molecule has 0 aromatic heterocycles. The van der Waals surface area contributed by atoms with Crippen molar-refractivity contribution in [3.05, 3.63) is 0 Å². The van der Waals surface area contributed by atoms with E-state index < -0.39 is 66.7 Å². The van der Waals surface area contributed by atoms with Crippen molar-refractivity contribution in [1.82, 2.24) is 16.0 Å². The van der Waals surface area contributed by atoms with Crippen molar-refractivity contribution in [2.24, 2.45) is 17.2 Å². The third-order valence-electron chi connectivity index (χ3n) is 4.05. The molecule has 0 heterocycles. The molecule has 176 valence electrons. The van der Waals surface area contributed by atoms with E-state index in [4.69, 9.17) is 22.3 Å². The lowest BCUT2D eigenvalue weighted by Crippen LogP contribution is -2.54. The first kappa shape index (κ1) is 27.7. The van der Waals surface area contributed by atoms with E-state index in [2.05, 4.69) is 16.0 Å². The summed E-state index contributed by atoms with van der Waals surface area (Å²) in [4.78, 5) is 69.2. The Labute approximate surface area is 178 Å². The number of nitrogens with two attached hydrogens (primary N) is 3. The lowest BCUT2D eigenvalue weighted by molar-refractivity contribution is -0.142. The smallest absolute Gasteiger partial charge is 0.326 e. The number of hydrogen-bond acceptors (Lipinski definition) is 8. The Morgan fingerprint density at radius 2 is 1.52 bits per heavy atom. The Morgan fingerprint density at radius 3 is 2.03 bits per heavy atom. The SMILES string of the molecule is NCCCCC(NC(=O)C(CC(N)=O)NC(=O)CNC(=O)C(N)CCC(=O)O)C(=O)O. The molecule has 0 radical (unpaired) electrons. The molecule has 3 atom stereocenters. The topological polar surface area (TPSA) is 257 Å². The van der Waals surface area contributed by atoms with Gasteiger partial charge in [0.15, 0.2) is 0 Å². The number of carbonyl (C=O) groups is 6. The highest BCUT2D eigenvalue weighted by Gasteiger charge is 2.27. The summed E-state index contributed by atoms with van der Waals surface area (Å²) >= 11 is 0. The number of rotatable bonds is 16. The minimum absolute atomic E-state index is 0.0970. The maximum atomic E-state index is 12.4. The van der Waals surface area contributed by atoms with Gasteiger partial charge < -0.3 is 43.4 Å². The molecule has 0 aromatic carbocycles. The maximum Gasteiger partial charge on any atom is 0.326 e. The maximum absolute atomic E-state index is 12.4. The molecule has 14 heteroatoms. The van der Waals surface area contributed by atoms with Crippen molar-refractivity contribution >= 4 is 35.6 Å². The van der Waals surface area contributed by atoms with E-state index in [1.165, 1.54) is 0 Å². The number of amides is 4. The second-order valence-corrected chi connectivity index (χ2v) is 6.73. The molecule has 0 fully saturated rings. The molecule has 0 aromatic rings. The predicted molar refractivity (Wildman–Crippen MR) is 106 cm³/mol. The number of nitrogens with one attached hydrogen (secondary N) is 3. The van der Waals surface area contributed by atoms with Crippen LogP contribution in [0.2, 0.25) is 0 Å². The van der Waals surface area contributed by atoms with E-state index in [0.29, 0.717) is 19.4 Å². The predicted octanol–water partition coefficient (Wildman–Crippen LogP) is -3.65. The quantitative estimate of drug-likeness (QED) is 0.108. The van der Waals surface area contributed by atoms with Gasteiger partial charge in [0.25, 0.3) is 0 Å². The van der Waals surface area contributed by atoms with Gasteiger partial charge in [-0.3, -0.25) is 24.0 Å². The lowest BCUT2D eigenvalue weighted by Gasteiger charge is -2.21. The third kappa shape index (κ3) is 12.8. The fourth-order valence-corrected chi connectivity index (χ4v) is 2.39. The largest absolute Gasteiger partial charge is 0.481 e. The lowest BCUT2D eigenvalue weighted by atomic mass is 10.1. The molecule has 0 aliphatic carbocycles. The zero-order valence-corrected chi connectivity index (χ0v) is 17.0. The summed E-state index contributed by atoms with van der Waals surface area (Å²) in [6.45, 7) is -0.257. The standard InChI is InChI=1S/C17H30N6O8/c18-6-2-1-3-10(17(30)31)23-16(29)11(7-12(20)24)22-13(25)8-21-15(28)9(19)4-5-14(26)27/h9-11H,1-8,18-19H2,(H2,20,24)(H,21,28)(H,22,25)(H,23,29)(H,26,27)(H,30,31). The van der Waals surface area contributed by atoms with Crippen LogP contribution in [0, 0.1) is 0 Å². The first-order valence-corrected chi connectivity index (χ1v) is 9.53. The Morgan fingerprint density at radius 1 is 0.871 bits per heavy atom. The van der Waals surface area contributed by atoms with Gasteiger partial charge in [0.1, 0.15) is 12.1 Å². The second kappa shape index (κ2) is 14.7. The van der Waals surface area contributed by atoms with Crippen molar-refractivity contribution in [3.63, 3.8) is 0 Å².